The monoisotopic (exact) mass is 840 g/mol. The maximum absolute atomic E-state index is 2.56. The predicted molar refractivity (Wildman–Crippen MR) is 278 cm³/mol. The molecule has 0 saturated carbocycles. The summed E-state index contributed by atoms with van der Waals surface area (Å²) in [5.41, 5.74) is 38.4. The Morgan fingerprint density at radius 1 is 0.212 bits per heavy atom. The van der Waals surface area contributed by atoms with Crippen molar-refractivity contribution in [1.82, 2.24) is 0 Å². The van der Waals surface area contributed by atoms with E-state index in [9.17, 15) is 0 Å². The lowest BCUT2D eigenvalue weighted by Crippen LogP contribution is -1.97. The minimum Gasteiger partial charge on any atom is -0.0610 e. The van der Waals surface area contributed by atoms with Crippen LogP contribution < -0.4 is 0 Å². The number of benzene rings is 10. The lowest BCUT2D eigenvalue weighted by atomic mass is 9.82. The van der Waals surface area contributed by atoms with E-state index in [1.165, 1.54) is 167 Å². The molecule has 312 valence electrons. The third kappa shape index (κ3) is 5.58. The van der Waals surface area contributed by atoms with Crippen LogP contribution in [0.1, 0.15) is 66.8 Å². The molecule has 0 N–H and O–H groups in total. The highest BCUT2D eigenvalue weighted by Gasteiger charge is 2.30. The van der Waals surface area contributed by atoms with Crippen molar-refractivity contribution in [3.63, 3.8) is 0 Å². The topological polar surface area (TPSA) is 0 Å². The Bertz CT molecular complexity index is 3300. The first kappa shape index (κ1) is 37.8. The summed E-state index contributed by atoms with van der Waals surface area (Å²) in [7, 11) is 0. The van der Waals surface area contributed by atoms with Crippen LogP contribution in [0.3, 0.4) is 0 Å². The van der Waals surface area contributed by atoms with Crippen LogP contribution in [0.15, 0.2) is 170 Å². The van der Waals surface area contributed by atoms with Crippen LogP contribution in [0.2, 0.25) is 0 Å². The maximum Gasteiger partial charge on any atom is -0.000718 e. The standard InChI is InChI=1S/C66H48/c1-37-17-21-47-43(25-37)33-59-51(47)9-5-13-55(59)63-29-41-31-65(57-15-7-11-53-49-23-19-39(3)27-45(49)35-61(53)57)66(58-16-8-12-54-50-24-20-40(4)28-46(50)36-62(54)58)32-42(41)30-64(63)56-14-6-10-52-48-22-18-38(2)26-44(48)34-60(52)56/h5-32H,33-36H2,1-4H3. The van der Waals surface area contributed by atoms with Gasteiger partial charge >= 0.3 is 0 Å². The Hall–Kier alpha value is -7.54. The fourth-order valence-electron chi connectivity index (χ4n) is 12.7. The molecule has 0 bridgehead atoms. The number of fused-ring (bicyclic) bond motifs is 13. The zero-order valence-corrected chi connectivity index (χ0v) is 38.0. The zero-order chi connectivity index (χ0) is 43.9. The lowest BCUT2D eigenvalue weighted by Gasteiger charge is -2.21. The Labute approximate surface area is 387 Å². The van der Waals surface area contributed by atoms with Gasteiger partial charge < -0.3 is 0 Å². The molecule has 4 aliphatic carbocycles. The second kappa shape index (κ2) is 14.0. The van der Waals surface area contributed by atoms with Crippen LogP contribution >= 0.6 is 0 Å². The predicted octanol–water partition coefficient (Wildman–Crippen LogP) is 17.0. The van der Waals surface area contributed by atoms with Crippen molar-refractivity contribution in [1.29, 1.82) is 0 Å². The summed E-state index contributed by atoms with van der Waals surface area (Å²) in [6, 6.07) is 66.4. The molecular formula is C66H48. The highest BCUT2D eigenvalue weighted by atomic mass is 14.3. The van der Waals surface area contributed by atoms with E-state index in [-0.39, 0.29) is 0 Å². The molecule has 0 unspecified atom stereocenters. The van der Waals surface area contributed by atoms with Crippen molar-refractivity contribution < 1.29 is 0 Å². The molecule has 4 aliphatic rings. The van der Waals surface area contributed by atoms with E-state index in [0.29, 0.717) is 0 Å². The molecule has 0 nitrogen and oxygen atoms in total. The van der Waals surface area contributed by atoms with E-state index >= 15 is 0 Å². The summed E-state index contributed by atoms with van der Waals surface area (Å²) >= 11 is 0. The van der Waals surface area contributed by atoms with Gasteiger partial charge in [-0.3, -0.25) is 0 Å². The molecule has 0 radical (unpaired) electrons. The van der Waals surface area contributed by atoms with Gasteiger partial charge in [0.05, 0.1) is 0 Å². The van der Waals surface area contributed by atoms with Gasteiger partial charge in [-0.2, -0.15) is 0 Å². The summed E-state index contributed by atoms with van der Waals surface area (Å²) < 4.78 is 0. The van der Waals surface area contributed by atoms with Gasteiger partial charge in [0.25, 0.3) is 0 Å². The Balaban J connectivity index is 1.05. The number of aryl methyl sites for hydroxylation is 4. The van der Waals surface area contributed by atoms with E-state index in [4.69, 9.17) is 0 Å². The third-order valence-electron chi connectivity index (χ3n) is 15.7. The van der Waals surface area contributed by atoms with Gasteiger partial charge in [-0.15, -0.1) is 0 Å². The highest BCUT2D eigenvalue weighted by molar-refractivity contribution is 6.06. The molecule has 0 heterocycles. The minimum absolute atomic E-state index is 0.943. The van der Waals surface area contributed by atoms with E-state index in [1.54, 1.807) is 0 Å². The van der Waals surface area contributed by atoms with Crippen molar-refractivity contribution >= 4 is 10.8 Å². The average Bonchev–Trinajstić information content (AvgIpc) is 4.09. The molecule has 0 atom stereocenters. The van der Waals surface area contributed by atoms with Gasteiger partial charge in [-0.25, -0.2) is 0 Å². The smallest absolute Gasteiger partial charge is 0.000718 e. The second-order valence-electron chi connectivity index (χ2n) is 19.8. The van der Waals surface area contributed by atoms with Gasteiger partial charge in [0.2, 0.25) is 0 Å². The number of hydrogen-bond donors (Lipinski definition) is 0. The summed E-state index contributed by atoms with van der Waals surface area (Å²) in [5.74, 6) is 0. The quantitative estimate of drug-likeness (QED) is 0.166. The highest BCUT2D eigenvalue weighted by Crippen LogP contribution is 2.52. The van der Waals surface area contributed by atoms with Crippen LogP contribution in [-0.2, 0) is 25.7 Å². The molecule has 0 amide bonds. The Kier molecular flexibility index (Phi) is 8.01. The molecule has 0 heteroatoms. The van der Waals surface area contributed by atoms with Gasteiger partial charge in [-0.1, -0.05) is 168 Å². The van der Waals surface area contributed by atoms with Crippen molar-refractivity contribution in [2.24, 2.45) is 0 Å². The fourth-order valence-corrected chi connectivity index (χ4v) is 12.7. The first-order valence-corrected chi connectivity index (χ1v) is 23.8. The number of rotatable bonds is 4. The third-order valence-corrected chi connectivity index (χ3v) is 15.7. The van der Waals surface area contributed by atoms with Gasteiger partial charge in [0.1, 0.15) is 0 Å². The maximum atomic E-state index is 2.56. The minimum atomic E-state index is 0.943. The van der Waals surface area contributed by atoms with Gasteiger partial charge in [0.15, 0.2) is 0 Å². The molecule has 0 fully saturated rings. The van der Waals surface area contributed by atoms with E-state index in [1.807, 2.05) is 0 Å². The van der Waals surface area contributed by atoms with Gasteiger partial charge in [-0.05, 0) is 222 Å². The molecule has 10 aromatic rings. The van der Waals surface area contributed by atoms with Crippen LogP contribution in [0, 0.1) is 27.7 Å². The average molecular weight is 841 g/mol. The fraction of sp³-hybridized carbons (Fsp3) is 0.121. The van der Waals surface area contributed by atoms with Crippen molar-refractivity contribution in [3.05, 3.63) is 237 Å². The lowest BCUT2D eigenvalue weighted by molar-refractivity contribution is 1.24. The summed E-state index contributed by atoms with van der Waals surface area (Å²) in [6.07, 6.45) is 3.77. The van der Waals surface area contributed by atoms with Crippen LogP contribution in [-0.4, -0.2) is 0 Å². The number of hydrogen-bond acceptors (Lipinski definition) is 0. The SMILES string of the molecule is Cc1ccc2c(c1)Cc1c-2cccc1-c1cc2cc(-c3cccc4c3Cc3cc(C)ccc3-4)c(-c3cccc4c3Cc3cc(C)ccc3-4)cc2cc1-c1cccc2c1Cc1cc(C)ccc1-2. The Morgan fingerprint density at radius 3 is 0.652 bits per heavy atom. The van der Waals surface area contributed by atoms with Gasteiger partial charge in [0, 0.05) is 0 Å². The molecule has 0 aliphatic heterocycles. The molecule has 14 rings (SSSR count). The first-order valence-electron chi connectivity index (χ1n) is 23.8. The summed E-state index contributed by atoms with van der Waals surface area (Å²) in [6.45, 7) is 8.88. The molecule has 10 aromatic carbocycles. The molecular weight excluding hydrogens is 793 g/mol. The van der Waals surface area contributed by atoms with E-state index < -0.39 is 0 Å². The molecule has 0 aromatic heterocycles. The second-order valence-corrected chi connectivity index (χ2v) is 19.8. The van der Waals surface area contributed by atoms with Crippen molar-refractivity contribution in [2.75, 3.05) is 0 Å². The first-order chi connectivity index (χ1) is 32.3. The van der Waals surface area contributed by atoms with E-state index in [2.05, 4.69) is 198 Å². The zero-order valence-electron chi connectivity index (χ0n) is 38.0. The largest absolute Gasteiger partial charge is 0.0610 e. The summed E-state index contributed by atoms with van der Waals surface area (Å²) in [5, 5.41) is 2.55. The van der Waals surface area contributed by atoms with Crippen LogP contribution in [0.5, 0.6) is 0 Å². The van der Waals surface area contributed by atoms with E-state index in [0.717, 1.165) is 25.7 Å². The summed E-state index contributed by atoms with van der Waals surface area (Å²) in [4.78, 5) is 0. The van der Waals surface area contributed by atoms with Crippen LogP contribution in [0.4, 0.5) is 0 Å². The normalized spacial score (nSPS) is 13.2. The van der Waals surface area contributed by atoms with Crippen molar-refractivity contribution in [3.8, 4) is 89.0 Å². The van der Waals surface area contributed by atoms with Crippen LogP contribution in [0.25, 0.3) is 99.8 Å². The molecule has 66 heavy (non-hydrogen) atoms. The molecule has 0 saturated heterocycles. The van der Waals surface area contributed by atoms with Crippen molar-refractivity contribution in [2.45, 2.75) is 53.4 Å². The molecule has 0 spiro atoms. The Morgan fingerprint density at radius 2 is 0.424 bits per heavy atom.